The average molecular weight is 478 g/mol. The molecule has 0 aliphatic carbocycles. The Morgan fingerprint density at radius 2 is 1.85 bits per heavy atom. The smallest absolute Gasteiger partial charge is 0.254 e. The van der Waals surface area contributed by atoms with Gasteiger partial charge in [-0.15, -0.1) is 10.2 Å². The van der Waals surface area contributed by atoms with Gasteiger partial charge < -0.3 is 14.8 Å². The molecule has 1 fully saturated rings. The predicted octanol–water partition coefficient (Wildman–Crippen LogP) is 4.96. The van der Waals surface area contributed by atoms with E-state index in [-0.39, 0.29) is 23.6 Å². The summed E-state index contributed by atoms with van der Waals surface area (Å²) in [4.78, 5) is 27.6. The number of para-hydroxylation sites is 1. The standard InChI is InChI=1S/C26H31N5O2S/c1-17(2)20-8-5-6-9-21(20)27-23(32)16-34-26-29-28-24(30(26)4)22-10-7-15-31(22)25(33)19-13-11-18(3)12-14-19/h5-6,8-9,11-14,17,22H,7,10,15-16H2,1-4H3,(H,27,32). The lowest BCUT2D eigenvalue weighted by Gasteiger charge is -2.24. The summed E-state index contributed by atoms with van der Waals surface area (Å²) in [6.45, 7) is 6.92. The van der Waals surface area contributed by atoms with Crippen LogP contribution < -0.4 is 5.32 Å². The Labute approximate surface area is 205 Å². The van der Waals surface area contributed by atoms with Gasteiger partial charge in [0.05, 0.1) is 11.8 Å². The number of nitrogens with zero attached hydrogens (tertiary/aromatic N) is 4. The second-order valence-electron chi connectivity index (χ2n) is 9.00. The third-order valence-electron chi connectivity index (χ3n) is 6.17. The van der Waals surface area contributed by atoms with Crippen LogP contribution >= 0.6 is 11.8 Å². The van der Waals surface area contributed by atoms with E-state index < -0.39 is 0 Å². The molecule has 34 heavy (non-hydrogen) atoms. The summed E-state index contributed by atoms with van der Waals surface area (Å²) in [6, 6.07) is 15.4. The number of benzene rings is 2. The normalized spacial score (nSPS) is 15.7. The van der Waals surface area contributed by atoms with Crippen molar-refractivity contribution in [2.75, 3.05) is 17.6 Å². The van der Waals surface area contributed by atoms with Crippen LogP contribution in [0.2, 0.25) is 0 Å². The third kappa shape index (κ3) is 5.17. The number of likely N-dealkylation sites (tertiary alicyclic amines) is 1. The Bertz CT molecular complexity index is 1170. The summed E-state index contributed by atoms with van der Waals surface area (Å²) in [5.41, 5.74) is 3.77. The Hall–Kier alpha value is -3.13. The lowest BCUT2D eigenvalue weighted by atomic mass is 10.0. The first-order valence-corrected chi connectivity index (χ1v) is 12.6. The first-order valence-electron chi connectivity index (χ1n) is 11.6. The van der Waals surface area contributed by atoms with E-state index in [1.54, 1.807) is 0 Å². The number of carbonyl (C=O) groups excluding carboxylic acids is 2. The van der Waals surface area contributed by atoms with Gasteiger partial charge >= 0.3 is 0 Å². The summed E-state index contributed by atoms with van der Waals surface area (Å²) in [5, 5.41) is 12.4. The summed E-state index contributed by atoms with van der Waals surface area (Å²) >= 11 is 1.35. The van der Waals surface area contributed by atoms with Crippen LogP contribution in [0, 0.1) is 6.92 Å². The molecular weight excluding hydrogens is 446 g/mol. The minimum Gasteiger partial charge on any atom is -0.328 e. The van der Waals surface area contributed by atoms with Crippen molar-refractivity contribution >= 4 is 29.3 Å². The van der Waals surface area contributed by atoms with E-state index in [1.165, 1.54) is 11.8 Å². The molecule has 178 valence electrons. The van der Waals surface area contributed by atoms with Crippen molar-refractivity contribution in [2.45, 2.75) is 50.7 Å². The Morgan fingerprint density at radius 3 is 2.59 bits per heavy atom. The largest absolute Gasteiger partial charge is 0.328 e. The van der Waals surface area contributed by atoms with Gasteiger partial charge in [-0.1, -0.05) is 61.5 Å². The van der Waals surface area contributed by atoms with E-state index in [4.69, 9.17) is 0 Å². The number of anilines is 1. The van der Waals surface area contributed by atoms with Crippen molar-refractivity contribution in [3.05, 3.63) is 71.0 Å². The molecule has 1 unspecified atom stereocenters. The Kier molecular flexibility index (Phi) is 7.36. The molecular formula is C26H31N5O2S. The molecule has 7 nitrogen and oxygen atoms in total. The fraction of sp³-hybridized carbons (Fsp3) is 0.385. The molecule has 0 saturated carbocycles. The molecule has 2 amide bonds. The van der Waals surface area contributed by atoms with Crippen LogP contribution in [0.4, 0.5) is 5.69 Å². The number of thioether (sulfide) groups is 1. The number of aryl methyl sites for hydroxylation is 1. The first-order chi connectivity index (χ1) is 16.3. The zero-order valence-electron chi connectivity index (χ0n) is 20.1. The van der Waals surface area contributed by atoms with Crippen LogP contribution in [0.1, 0.15) is 66.0 Å². The molecule has 0 radical (unpaired) electrons. The predicted molar refractivity (Wildman–Crippen MR) is 135 cm³/mol. The minimum atomic E-state index is -0.118. The van der Waals surface area contributed by atoms with E-state index in [0.29, 0.717) is 23.2 Å². The number of hydrogen-bond acceptors (Lipinski definition) is 5. The Balaban J connectivity index is 1.42. The van der Waals surface area contributed by atoms with E-state index in [1.807, 2.05) is 72.0 Å². The summed E-state index contributed by atoms with van der Waals surface area (Å²) in [5.74, 6) is 1.24. The molecule has 4 rings (SSSR count). The van der Waals surface area contributed by atoms with Gasteiger partial charge in [-0.05, 0) is 49.4 Å². The minimum absolute atomic E-state index is 0.0166. The van der Waals surface area contributed by atoms with Crippen molar-refractivity contribution in [1.29, 1.82) is 0 Å². The van der Waals surface area contributed by atoms with Crippen LogP contribution in [-0.2, 0) is 11.8 Å². The van der Waals surface area contributed by atoms with Gasteiger partial charge in [0.2, 0.25) is 5.91 Å². The topological polar surface area (TPSA) is 80.1 Å². The number of hydrogen-bond donors (Lipinski definition) is 1. The summed E-state index contributed by atoms with van der Waals surface area (Å²) < 4.78 is 1.91. The highest BCUT2D eigenvalue weighted by Gasteiger charge is 2.34. The van der Waals surface area contributed by atoms with Crippen LogP contribution in [0.25, 0.3) is 0 Å². The number of nitrogens with one attached hydrogen (secondary N) is 1. The van der Waals surface area contributed by atoms with E-state index >= 15 is 0 Å². The molecule has 3 aromatic rings. The second kappa shape index (κ2) is 10.4. The van der Waals surface area contributed by atoms with Crippen LogP contribution in [0.15, 0.2) is 53.7 Å². The van der Waals surface area contributed by atoms with Crippen molar-refractivity contribution in [1.82, 2.24) is 19.7 Å². The van der Waals surface area contributed by atoms with Gasteiger partial charge in [-0.3, -0.25) is 9.59 Å². The van der Waals surface area contributed by atoms with Crippen LogP contribution in [0.5, 0.6) is 0 Å². The van der Waals surface area contributed by atoms with Crippen molar-refractivity contribution in [2.24, 2.45) is 7.05 Å². The van der Waals surface area contributed by atoms with Gasteiger partial charge in [0, 0.05) is 24.8 Å². The van der Waals surface area contributed by atoms with Crippen molar-refractivity contribution in [3.8, 4) is 0 Å². The van der Waals surface area contributed by atoms with Crippen molar-refractivity contribution < 1.29 is 9.59 Å². The van der Waals surface area contributed by atoms with Gasteiger partial charge in [-0.2, -0.15) is 0 Å². The first kappa shape index (κ1) is 24.0. The molecule has 0 bridgehead atoms. The number of carbonyl (C=O) groups is 2. The lowest BCUT2D eigenvalue weighted by molar-refractivity contribution is -0.113. The fourth-order valence-corrected chi connectivity index (χ4v) is 5.03. The number of amides is 2. The zero-order chi connectivity index (χ0) is 24.2. The molecule has 1 aromatic heterocycles. The van der Waals surface area contributed by atoms with Gasteiger partial charge in [0.25, 0.3) is 5.91 Å². The zero-order valence-corrected chi connectivity index (χ0v) is 20.9. The van der Waals surface area contributed by atoms with Crippen LogP contribution in [-0.4, -0.2) is 43.8 Å². The molecule has 0 spiro atoms. The summed E-state index contributed by atoms with van der Waals surface area (Å²) in [6.07, 6.45) is 1.77. The molecule has 1 aliphatic rings. The quantitative estimate of drug-likeness (QED) is 0.487. The lowest BCUT2D eigenvalue weighted by Crippen LogP contribution is -2.31. The van der Waals surface area contributed by atoms with E-state index in [9.17, 15) is 9.59 Å². The number of aromatic nitrogens is 3. The van der Waals surface area contributed by atoms with Gasteiger partial charge in [0.1, 0.15) is 0 Å². The molecule has 2 heterocycles. The summed E-state index contributed by atoms with van der Waals surface area (Å²) in [7, 11) is 1.90. The number of rotatable bonds is 7. The van der Waals surface area contributed by atoms with Gasteiger partial charge in [0.15, 0.2) is 11.0 Å². The second-order valence-corrected chi connectivity index (χ2v) is 9.94. The monoisotopic (exact) mass is 477 g/mol. The van der Waals surface area contributed by atoms with E-state index in [2.05, 4.69) is 29.4 Å². The average Bonchev–Trinajstić information content (AvgIpc) is 3.44. The Morgan fingerprint density at radius 1 is 1.12 bits per heavy atom. The molecule has 1 aliphatic heterocycles. The molecule has 8 heteroatoms. The maximum absolute atomic E-state index is 13.1. The highest BCUT2D eigenvalue weighted by molar-refractivity contribution is 7.99. The maximum Gasteiger partial charge on any atom is 0.254 e. The highest BCUT2D eigenvalue weighted by Crippen LogP contribution is 2.33. The SMILES string of the molecule is Cc1ccc(C(=O)N2CCCC2c2nnc(SCC(=O)Nc3ccccc3C(C)C)n2C)cc1. The maximum atomic E-state index is 13.1. The molecule has 1 saturated heterocycles. The fourth-order valence-electron chi connectivity index (χ4n) is 4.31. The highest BCUT2D eigenvalue weighted by atomic mass is 32.2. The van der Waals surface area contributed by atoms with E-state index in [0.717, 1.165) is 35.5 Å². The third-order valence-corrected chi connectivity index (χ3v) is 7.19. The van der Waals surface area contributed by atoms with Gasteiger partial charge in [-0.25, -0.2) is 0 Å². The molecule has 1 N–H and O–H groups in total. The van der Waals surface area contributed by atoms with Crippen molar-refractivity contribution in [3.63, 3.8) is 0 Å². The molecule has 2 aromatic carbocycles. The van der Waals surface area contributed by atoms with Crippen LogP contribution in [0.3, 0.4) is 0 Å². The molecule has 1 atom stereocenters.